The normalized spacial score (nSPS) is 18.8. The monoisotopic (exact) mass is 404 g/mol. The standard InChI is InChI=1S/C21H19F3N2O3/c1-3-29-20(28)16-18(14-9-6-7-12(2)17(14)26-19(16)27)25-11-13-8-4-5-10-15(13)21(22,23)24/h4-10,14,25H,3,11H2,1-2H3. The Kier molecular flexibility index (Phi) is 5.72. The average molecular weight is 404 g/mol. The Morgan fingerprint density at radius 2 is 2.00 bits per heavy atom. The van der Waals surface area contributed by atoms with Crippen LogP contribution in [0.5, 0.6) is 0 Å². The lowest BCUT2D eigenvalue weighted by Crippen LogP contribution is -2.36. The molecule has 1 aliphatic heterocycles. The van der Waals surface area contributed by atoms with Crippen molar-refractivity contribution in [1.29, 1.82) is 0 Å². The molecule has 0 spiro atoms. The van der Waals surface area contributed by atoms with E-state index in [-0.39, 0.29) is 30.0 Å². The zero-order valence-electron chi connectivity index (χ0n) is 15.8. The van der Waals surface area contributed by atoms with Crippen molar-refractivity contribution in [2.45, 2.75) is 26.6 Å². The van der Waals surface area contributed by atoms with Gasteiger partial charge in [-0.15, -0.1) is 0 Å². The second-order valence-electron chi connectivity index (χ2n) is 6.53. The van der Waals surface area contributed by atoms with Crippen molar-refractivity contribution in [2.24, 2.45) is 10.9 Å². The van der Waals surface area contributed by atoms with E-state index in [0.717, 1.165) is 11.6 Å². The molecule has 1 aliphatic carbocycles. The van der Waals surface area contributed by atoms with Crippen LogP contribution in [0.3, 0.4) is 0 Å². The number of allylic oxidation sites excluding steroid dienone is 4. The van der Waals surface area contributed by atoms with Gasteiger partial charge >= 0.3 is 12.1 Å². The molecule has 0 saturated heterocycles. The molecule has 1 heterocycles. The fraction of sp³-hybridized carbons (Fsp3) is 0.286. The number of carbonyl (C=O) groups excluding carboxylic acids is 2. The Balaban J connectivity index is 2.00. The van der Waals surface area contributed by atoms with E-state index in [1.807, 2.05) is 0 Å². The number of aliphatic imine (C=N–C) groups is 1. The van der Waals surface area contributed by atoms with Crippen molar-refractivity contribution < 1.29 is 27.5 Å². The van der Waals surface area contributed by atoms with Gasteiger partial charge in [0, 0.05) is 12.2 Å². The molecule has 1 aromatic carbocycles. The number of alkyl halides is 3. The number of nitrogens with one attached hydrogen (secondary N) is 1. The van der Waals surface area contributed by atoms with Gasteiger partial charge < -0.3 is 10.1 Å². The lowest BCUT2D eigenvalue weighted by Gasteiger charge is -2.28. The Morgan fingerprint density at radius 3 is 2.69 bits per heavy atom. The summed E-state index contributed by atoms with van der Waals surface area (Å²) in [5.74, 6) is -2.17. The van der Waals surface area contributed by atoms with E-state index in [1.165, 1.54) is 18.2 Å². The summed E-state index contributed by atoms with van der Waals surface area (Å²) in [5, 5.41) is 2.89. The number of halogens is 3. The first-order valence-electron chi connectivity index (χ1n) is 9.02. The zero-order valence-corrected chi connectivity index (χ0v) is 15.8. The fourth-order valence-corrected chi connectivity index (χ4v) is 3.30. The fourth-order valence-electron chi connectivity index (χ4n) is 3.30. The van der Waals surface area contributed by atoms with Gasteiger partial charge in [0.2, 0.25) is 0 Å². The highest BCUT2D eigenvalue weighted by Gasteiger charge is 2.37. The number of esters is 1. The van der Waals surface area contributed by atoms with Crippen LogP contribution in [0.15, 0.2) is 64.3 Å². The SMILES string of the molecule is CCOC(=O)C1=C(NCc2ccccc2C(F)(F)F)C2C=CC=C(C)C2=NC1=O. The molecule has 0 aromatic heterocycles. The molecule has 1 amide bonds. The van der Waals surface area contributed by atoms with Gasteiger partial charge in [0.25, 0.3) is 5.91 Å². The maximum absolute atomic E-state index is 13.3. The predicted molar refractivity (Wildman–Crippen MR) is 101 cm³/mol. The van der Waals surface area contributed by atoms with Crippen LogP contribution in [0.4, 0.5) is 13.2 Å². The lowest BCUT2D eigenvalue weighted by atomic mass is 9.85. The topological polar surface area (TPSA) is 67.8 Å². The van der Waals surface area contributed by atoms with E-state index < -0.39 is 29.5 Å². The Bertz CT molecular complexity index is 972. The largest absolute Gasteiger partial charge is 0.462 e. The van der Waals surface area contributed by atoms with Gasteiger partial charge in [0.05, 0.1) is 23.8 Å². The lowest BCUT2D eigenvalue weighted by molar-refractivity contribution is -0.140. The van der Waals surface area contributed by atoms with Gasteiger partial charge in [0.1, 0.15) is 5.57 Å². The number of dihydropyridines is 1. The van der Waals surface area contributed by atoms with Crippen molar-refractivity contribution in [3.8, 4) is 0 Å². The number of carbonyl (C=O) groups is 2. The van der Waals surface area contributed by atoms with Gasteiger partial charge in [0.15, 0.2) is 0 Å². The molecular weight excluding hydrogens is 385 g/mol. The highest BCUT2D eigenvalue weighted by molar-refractivity contribution is 6.25. The van der Waals surface area contributed by atoms with E-state index in [4.69, 9.17) is 4.74 Å². The molecule has 0 saturated carbocycles. The summed E-state index contributed by atoms with van der Waals surface area (Å²) in [6.07, 6.45) is 0.739. The van der Waals surface area contributed by atoms with Crippen LogP contribution < -0.4 is 5.32 Å². The molecule has 29 heavy (non-hydrogen) atoms. The third kappa shape index (κ3) is 4.16. The van der Waals surface area contributed by atoms with E-state index >= 15 is 0 Å². The number of fused-ring (bicyclic) bond motifs is 1. The van der Waals surface area contributed by atoms with E-state index in [0.29, 0.717) is 5.71 Å². The molecule has 1 atom stereocenters. The zero-order chi connectivity index (χ0) is 21.2. The third-order valence-corrected chi connectivity index (χ3v) is 4.64. The highest BCUT2D eigenvalue weighted by Crippen LogP contribution is 2.33. The third-order valence-electron chi connectivity index (χ3n) is 4.64. The van der Waals surface area contributed by atoms with Crippen LogP contribution in [-0.4, -0.2) is 24.2 Å². The molecule has 2 aliphatic rings. The van der Waals surface area contributed by atoms with Crippen LogP contribution in [-0.2, 0) is 27.0 Å². The number of hydrogen-bond donors (Lipinski definition) is 1. The number of rotatable bonds is 5. The quantitative estimate of drug-likeness (QED) is 0.600. The molecule has 1 N–H and O–H groups in total. The molecule has 1 aromatic rings. The first kappa shape index (κ1) is 20.6. The van der Waals surface area contributed by atoms with Crippen LogP contribution >= 0.6 is 0 Å². The summed E-state index contributed by atoms with van der Waals surface area (Å²) in [5.41, 5.74) is 0.320. The molecule has 0 fully saturated rings. The van der Waals surface area contributed by atoms with Gasteiger partial charge in [-0.1, -0.05) is 36.4 Å². The first-order chi connectivity index (χ1) is 13.7. The predicted octanol–water partition coefficient (Wildman–Crippen LogP) is 3.73. The van der Waals surface area contributed by atoms with E-state index in [9.17, 15) is 22.8 Å². The van der Waals surface area contributed by atoms with Crippen molar-refractivity contribution in [1.82, 2.24) is 5.32 Å². The number of amides is 1. The maximum atomic E-state index is 13.3. The summed E-state index contributed by atoms with van der Waals surface area (Å²) in [6.45, 7) is 3.20. The van der Waals surface area contributed by atoms with Crippen LogP contribution in [0.25, 0.3) is 0 Å². The second-order valence-corrected chi connectivity index (χ2v) is 6.53. The van der Waals surface area contributed by atoms with Gasteiger partial charge in [-0.05, 0) is 31.1 Å². The minimum Gasteiger partial charge on any atom is -0.462 e. The number of hydrogen-bond acceptors (Lipinski definition) is 4. The maximum Gasteiger partial charge on any atom is 0.416 e. The van der Waals surface area contributed by atoms with E-state index in [1.54, 1.807) is 32.1 Å². The summed E-state index contributed by atoms with van der Waals surface area (Å²) < 4.78 is 44.9. The van der Waals surface area contributed by atoms with E-state index in [2.05, 4.69) is 10.3 Å². The van der Waals surface area contributed by atoms with Crippen LogP contribution in [0.2, 0.25) is 0 Å². The molecule has 5 nitrogen and oxygen atoms in total. The molecular formula is C21H19F3N2O3. The van der Waals surface area contributed by atoms with Crippen molar-refractivity contribution in [2.75, 3.05) is 6.61 Å². The second kappa shape index (κ2) is 8.06. The Morgan fingerprint density at radius 1 is 1.28 bits per heavy atom. The number of nitrogens with zero attached hydrogens (tertiary/aromatic N) is 1. The number of benzene rings is 1. The van der Waals surface area contributed by atoms with Crippen molar-refractivity contribution >= 4 is 17.6 Å². The Hall–Kier alpha value is -3.16. The Labute approximate surface area is 165 Å². The average Bonchev–Trinajstić information content (AvgIpc) is 2.66. The molecule has 0 bridgehead atoms. The molecule has 3 rings (SSSR count). The van der Waals surface area contributed by atoms with Gasteiger partial charge in [-0.2, -0.15) is 13.2 Å². The van der Waals surface area contributed by atoms with Crippen LogP contribution in [0.1, 0.15) is 25.0 Å². The first-order valence-corrected chi connectivity index (χ1v) is 9.02. The van der Waals surface area contributed by atoms with Crippen molar-refractivity contribution in [3.63, 3.8) is 0 Å². The summed E-state index contributed by atoms with van der Waals surface area (Å²) in [7, 11) is 0. The summed E-state index contributed by atoms with van der Waals surface area (Å²) in [6, 6.07) is 5.15. The minimum absolute atomic E-state index is 0.000673. The molecule has 8 heteroatoms. The minimum atomic E-state index is -4.52. The van der Waals surface area contributed by atoms with Gasteiger partial charge in [-0.3, -0.25) is 4.79 Å². The summed E-state index contributed by atoms with van der Waals surface area (Å²) >= 11 is 0. The number of ether oxygens (including phenoxy) is 1. The molecule has 152 valence electrons. The van der Waals surface area contributed by atoms with Crippen LogP contribution in [0, 0.1) is 5.92 Å². The smallest absolute Gasteiger partial charge is 0.416 e. The highest BCUT2D eigenvalue weighted by atomic mass is 19.4. The molecule has 0 radical (unpaired) electrons. The summed E-state index contributed by atoms with van der Waals surface area (Å²) in [4.78, 5) is 28.9. The van der Waals surface area contributed by atoms with Crippen molar-refractivity contribution in [3.05, 3.63) is 70.5 Å². The molecule has 1 unspecified atom stereocenters. The van der Waals surface area contributed by atoms with Gasteiger partial charge in [-0.25, -0.2) is 9.79 Å².